The Bertz CT molecular complexity index is 8400. The molecule has 9 aliphatic carbocycles. The SMILES string of the molecule is c1cc(-c2cc(-c3ccc4c(c3)C3(c5ccccc5-c5ccccc53)c3ccccc3-4)cc(-c3cccc4c3-c3ccccc3C43c4ccccc4-c4ccccc43)c2)cc(C2(c3cccc(-c4cc(-c5ccc6c(c5)C5(c7ccccc7-c7ccccc75)c5ccccc5-6)cc(-c5cccc6c5-c5ccccc5C65c6ccccc6-c6ccccc65)c4)c3)c3ccccc3-c3ccccc32)c1. The molecule has 0 amide bonds. The molecule has 0 heterocycles. The molecule has 0 aliphatic heterocycles. The number of hydrogen-bond donors (Lipinski definition) is 0. The number of fused-ring (bicyclic) bond motifs is 43. The van der Waals surface area contributed by atoms with E-state index in [0.717, 1.165) is 33.4 Å². The molecule has 0 atom stereocenters. The van der Waals surface area contributed by atoms with Crippen molar-refractivity contribution in [2.75, 3.05) is 0 Å². The summed E-state index contributed by atoms with van der Waals surface area (Å²) in [7, 11) is 0. The zero-order valence-corrected chi connectivity index (χ0v) is 74.8. The fourth-order valence-corrected chi connectivity index (χ4v) is 28.4. The van der Waals surface area contributed by atoms with E-state index in [9.17, 15) is 0 Å². The second-order valence-corrected chi connectivity index (χ2v) is 39.1. The van der Waals surface area contributed by atoms with E-state index in [2.05, 4.69) is 497 Å². The van der Waals surface area contributed by atoms with Gasteiger partial charge in [0.2, 0.25) is 0 Å². The Kier molecular flexibility index (Phi) is 15.1. The highest BCUT2D eigenvalue weighted by atomic mass is 14.6. The van der Waals surface area contributed by atoms with Gasteiger partial charge >= 0.3 is 0 Å². The van der Waals surface area contributed by atoms with E-state index in [1.165, 1.54) is 245 Å². The average Bonchev–Trinajstić information content (AvgIpc) is 1.52. The van der Waals surface area contributed by atoms with Gasteiger partial charge in [-0.3, -0.25) is 0 Å². The monoisotopic (exact) mass is 1730 g/mol. The Labute approximate surface area is 796 Å². The Morgan fingerprint density at radius 3 is 0.518 bits per heavy atom. The summed E-state index contributed by atoms with van der Waals surface area (Å²) in [6.07, 6.45) is 0. The lowest BCUT2D eigenvalue weighted by Crippen LogP contribution is -2.28. The smallest absolute Gasteiger partial charge is 0.0619 e. The molecule has 0 unspecified atom stereocenters. The summed E-state index contributed by atoms with van der Waals surface area (Å²) < 4.78 is 0. The van der Waals surface area contributed by atoms with Crippen LogP contribution in [0, 0.1) is 0 Å². The Morgan fingerprint density at radius 2 is 0.263 bits per heavy atom. The molecular weight excluding hydrogens is 1650 g/mol. The van der Waals surface area contributed by atoms with Gasteiger partial charge in [-0.15, -0.1) is 0 Å². The average molecular weight is 1730 g/mol. The molecule has 22 aromatic rings. The van der Waals surface area contributed by atoms with Crippen molar-refractivity contribution < 1.29 is 0 Å². The molecule has 0 heteroatoms. The first-order chi connectivity index (χ1) is 67.9. The van der Waals surface area contributed by atoms with Crippen LogP contribution in [0.5, 0.6) is 0 Å². The van der Waals surface area contributed by atoms with Crippen LogP contribution in [0.4, 0.5) is 0 Å². The van der Waals surface area contributed by atoms with Crippen molar-refractivity contribution in [1.82, 2.24) is 0 Å². The Balaban J connectivity index is 0.628. The minimum atomic E-state index is -0.813. The first-order valence-electron chi connectivity index (χ1n) is 48.4. The molecule has 22 aromatic carbocycles. The molecule has 0 saturated heterocycles. The fraction of sp³-hybridized carbons (Fsp3) is 0.0365. The van der Waals surface area contributed by atoms with Crippen molar-refractivity contribution in [2.24, 2.45) is 0 Å². The highest BCUT2D eigenvalue weighted by molar-refractivity contribution is 6.06. The molecule has 630 valence electrons. The van der Waals surface area contributed by atoms with Gasteiger partial charge in [0.25, 0.3) is 0 Å². The fourth-order valence-electron chi connectivity index (χ4n) is 28.4. The third-order valence-electron chi connectivity index (χ3n) is 33.4. The van der Waals surface area contributed by atoms with Gasteiger partial charge in [-0.25, -0.2) is 0 Å². The van der Waals surface area contributed by atoms with Gasteiger partial charge < -0.3 is 0 Å². The number of benzene rings is 22. The highest BCUT2D eigenvalue weighted by Gasteiger charge is 2.58. The maximum atomic E-state index is 2.58. The summed E-state index contributed by atoms with van der Waals surface area (Å²) in [4.78, 5) is 0. The second-order valence-electron chi connectivity index (χ2n) is 39.1. The summed E-state index contributed by atoms with van der Waals surface area (Å²) in [6.45, 7) is 0. The molecule has 0 saturated carbocycles. The predicted octanol–water partition coefficient (Wildman–Crippen LogP) is 33.4. The summed E-state index contributed by atoms with van der Waals surface area (Å²) in [5, 5.41) is 0. The van der Waals surface area contributed by atoms with E-state index in [-0.39, 0.29) is 0 Å². The molecule has 9 aliphatic rings. The summed E-state index contributed by atoms with van der Waals surface area (Å²) in [5.41, 5.74) is 60.3. The zero-order chi connectivity index (χ0) is 89.4. The van der Waals surface area contributed by atoms with Crippen molar-refractivity contribution >= 4 is 0 Å². The molecule has 4 spiro atoms. The Hall–Kier alpha value is -17.2. The quantitative estimate of drug-likeness (QED) is 0.142. The highest BCUT2D eigenvalue weighted by Crippen LogP contribution is 2.70. The molecule has 0 fully saturated rings. The van der Waals surface area contributed by atoms with Crippen molar-refractivity contribution in [2.45, 2.75) is 27.1 Å². The van der Waals surface area contributed by atoms with Crippen LogP contribution in [0.25, 0.3) is 167 Å². The van der Waals surface area contributed by atoms with Crippen LogP contribution in [0.15, 0.2) is 497 Å². The Morgan fingerprint density at radius 1 is 0.0876 bits per heavy atom. The minimum absolute atomic E-state index is 0.530. The van der Waals surface area contributed by atoms with E-state index < -0.39 is 27.1 Å². The van der Waals surface area contributed by atoms with Gasteiger partial charge in [0.05, 0.1) is 27.1 Å². The first-order valence-corrected chi connectivity index (χ1v) is 48.4. The molecule has 137 heavy (non-hydrogen) atoms. The maximum absolute atomic E-state index is 2.58. The minimum Gasteiger partial charge on any atom is -0.0619 e. The van der Waals surface area contributed by atoms with E-state index in [4.69, 9.17) is 0 Å². The second kappa shape index (κ2) is 27.5. The van der Waals surface area contributed by atoms with Crippen LogP contribution in [-0.4, -0.2) is 0 Å². The van der Waals surface area contributed by atoms with Crippen molar-refractivity contribution in [1.29, 1.82) is 0 Å². The van der Waals surface area contributed by atoms with Gasteiger partial charge in [-0.2, -0.15) is 0 Å². The van der Waals surface area contributed by atoms with Gasteiger partial charge in [0.1, 0.15) is 0 Å². The standard InChI is InChI=1S/C137H82/c1-15-53-113-97(37-1)98-38-2-16-54-114(98)133(113,93-35-29-33-83(79-93)87-73-89(85-69-71-109-107-47-11-25-63-123(107)136(129(109)81-85)119-59-21-7-43-103(119)104-44-8-22-60-120(104)136)77-91(75-87)95-51-31-67-127-131(95)111-49-13-27-65-125(111)134(127)115-55-17-3-39-99(115)100-40-4-18-56-116(100)134)94-36-30-34-84(80-94)88-74-90(86-70-72-110-108-48-12-26-64-124(108)137(130(110)82-86)121-61-23-9-45-105(121)106-46-10-24-62-122(106)137)78-92(76-88)96-52-32-68-128-132(96)112-50-14-28-66-126(112)135(128)117-57-19-5-41-101(117)102-42-6-20-58-118(102)135/h1-82H. The summed E-state index contributed by atoms with van der Waals surface area (Å²) in [5.74, 6) is 0. The van der Waals surface area contributed by atoms with Crippen LogP contribution in [0.3, 0.4) is 0 Å². The molecular formula is C137H82. The van der Waals surface area contributed by atoms with E-state index in [0.29, 0.717) is 0 Å². The normalized spacial score (nSPS) is 14.9. The third kappa shape index (κ3) is 9.43. The molecule has 31 rings (SSSR count). The van der Waals surface area contributed by atoms with Crippen LogP contribution >= 0.6 is 0 Å². The van der Waals surface area contributed by atoms with Crippen molar-refractivity contribution in [3.05, 3.63) is 609 Å². The van der Waals surface area contributed by atoms with Gasteiger partial charge in [-0.1, -0.05) is 437 Å². The molecule has 0 nitrogen and oxygen atoms in total. The molecule has 0 aromatic heterocycles. The van der Waals surface area contributed by atoms with E-state index in [1.54, 1.807) is 0 Å². The lowest BCUT2D eigenvalue weighted by Gasteiger charge is -2.34. The summed E-state index contributed by atoms with van der Waals surface area (Å²) >= 11 is 0. The third-order valence-corrected chi connectivity index (χ3v) is 33.4. The molecule has 0 radical (unpaired) electrons. The van der Waals surface area contributed by atoms with Crippen LogP contribution in [0.2, 0.25) is 0 Å². The van der Waals surface area contributed by atoms with Gasteiger partial charge in [0.15, 0.2) is 0 Å². The number of hydrogen-bond acceptors (Lipinski definition) is 0. The maximum Gasteiger partial charge on any atom is 0.0725 e. The predicted molar refractivity (Wildman–Crippen MR) is 562 cm³/mol. The molecule has 0 bridgehead atoms. The van der Waals surface area contributed by atoms with Gasteiger partial charge in [-0.05, 0) is 339 Å². The zero-order valence-electron chi connectivity index (χ0n) is 74.8. The number of rotatable bonds is 8. The summed E-state index contributed by atoms with van der Waals surface area (Å²) in [6, 6.07) is 193. The van der Waals surface area contributed by atoms with Crippen LogP contribution in [0.1, 0.15) is 111 Å². The van der Waals surface area contributed by atoms with Crippen LogP contribution < -0.4 is 0 Å². The van der Waals surface area contributed by atoms with Crippen LogP contribution in [-0.2, 0) is 27.1 Å². The van der Waals surface area contributed by atoms with Crippen molar-refractivity contribution in [3.63, 3.8) is 0 Å². The van der Waals surface area contributed by atoms with E-state index in [1.807, 2.05) is 0 Å². The lowest BCUT2D eigenvalue weighted by atomic mass is 9.67. The molecule has 0 N–H and O–H groups in total. The topological polar surface area (TPSA) is 0 Å². The first kappa shape index (κ1) is 75.4. The van der Waals surface area contributed by atoms with Gasteiger partial charge in [0, 0.05) is 0 Å². The van der Waals surface area contributed by atoms with E-state index >= 15 is 0 Å². The van der Waals surface area contributed by atoms with Crippen molar-refractivity contribution in [3.8, 4) is 167 Å². The lowest BCUT2D eigenvalue weighted by molar-refractivity contribution is 0.769. The largest absolute Gasteiger partial charge is 0.0725 e.